The molecule has 6 heteroatoms. The number of hydrogen-bond acceptors (Lipinski definition) is 4. The highest BCUT2D eigenvalue weighted by Gasteiger charge is 2.38. The molecule has 0 aliphatic carbocycles. The molecule has 1 unspecified atom stereocenters. The summed E-state index contributed by atoms with van der Waals surface area (Å²) in [6.07, 6.45) is 2.16. The first-order chi connectivity index (χ1) is 8.01. The van der Waals surface area contributed by atoms with Gasteiger partial charge in [-0.25, -0.2) is 9.78 Å². The lowest BCUT2D eigenvalue weighted by Gasteiger charge is -2.37. The van der Waals surface area contributed by atoms with Crippen molar-refractivity contribution in [2.24, 2.45) is 5.92 Å². The van der Waals surface area contributed by atoms with Crippen molar-refractivity contribution in [3.05, 3.63) is 16.6 Å². The van der Waals surface area contributed by atoms with E-state index < -0.39 is 11.7 Å². The summed E-state index contributed by atoms with van der Waals surface area (Å²) < 4.78 is 0. The largest absolute Gasteiger partial charge is 0.465 e. The van der Waals surface area contributed by atoms with Gasteiger partial charge in [-0.15, -0.1) is 11.3 Å². The van der Waals surface area contributed by atoms with Gasteiger partial charge in [0.15, 0.2) is 0 Å². The third-order valence-electron chi connectivity index (χ3n) is 3.43. The van der Waals surface area contributed by atoms with Crippen molar-refractivity contribution < 1.29 is 15.0 Å². The van der Waals surface area contributed by atoms with Gasteiger partial charge < -0.3 is 15.1 Å². The van der Waals surface area contributed by atoms with Gasteiger partial charge in [-0.05, 0) is 25.7 Å². The van der Waals surface area contributed by atoms with Crippen LogP contribution in [0.25, 0.3) is 0 Å². The van der Waals surface area contributed by atoms with Crippen LogP contribution in [0, 0.1) is 5.92 Å². The van der Waals surface area contributed by atoms with Crippen molar-refractivity contribution in [2.45, 2.75) is 25.4 Å². The number of carboxylic acid groups (broad SMARTS) is 1. The molecule has 1 aromatic rings. The number of likely N-dealkylation sites (tertiary alicyclic amines) is 1. The maximum Gasteiger partial charge on any atom is 0.407 e. The molecule has 2 heterocycles. The van der Waals surface area contributed by atoms with Crippen molar-refractivity contribution >= 4 is 17.4 Å². The normalized spacial score (nSPS) is 21.2. The van der Waals surface area contributed by atoms with E-state index >= 15 is 0 Å². The first-order valence-electron chi connectivity index (χ1n) is 5.62. The van der Waals surface area contributed by atoms with Gasteiger partial charge in [0.2, 0.25) is 0 Å². The van der Waals surface area contributed by atoms with Crippen LogP contribution in [0.15, 0.2) is 11.6 Å². The summed E-state index contributed by atoms with van der Waals surface area (Å²) in [6.45, 7) is 2.75. The quantitative estimate of drug-likeness (QED) is 0.845. The number of nitrogens with zero attached hydrogens (tertiary/aromatic N) is 2. The van der Waals surface area contributed by atoms with Crippen LogP contribution in [0.4, 0.5) is 4.79 Å². The standard InChI is InChI=1S/C11H16N2O3S/c1-11(16,9-12-4-7-17-9)8-2-5-13(6-3-8)10(14)15/h4,7-8,16H,2-3,5-6H2,1H3,(H,14,15). The van der Waals surface area contributed by atoms with E-state index in [9.17, 15) is 9.90 Å². The van der Waals surface area contributed by atoms with Crippen molar-refractivity contribution in [1.82, 2.24) is 9.88 Å². The van der Waals surface area contributed by atoms with Crippen molar-refractivity contribution in [2.75, 3.05) is 13.1 Å². The first-order valence-corrected chi connectivity index (χ1v) is 6.50. The second-order valence-corrected chi connectivity index (χ2v) is 5.42. The lowest BCUT2D eigenvalue weighted by molar-refractivity contribution is -0.0310. The second kappa shape index (κ2) is 4.62. The Balaban J connectivity index is 2.03. The number of thiazole rings is 1. The van der Waals surface area contributed by atoms with Gasteiger partial charge in [-0.2, -0.15) is 0 Å². The minimum Gasteiger partial charge on any atom is -0.465 e. The zero-order chi connectivity index (χ0) is 12.5. The Labute approximate surface area is 104 Å². The minimum absolute atomic E-state index is 0.0734. The second-order valence-electron chi connectivity index (χ2n) is 4.53. The van der Waals surface area contributed by atoms with Crippen molar-refractivity contribution in [1.29, 1.82) is 0 Å². The molecule has 1 amide bonds. The molecule has 0 radical (unpaired) electrons. The van der Waals surface area contributed by atoms with Gasteiger partial charge in [0.1, 0.15) is 10.6 Å². The number of aromatic nitrogens is 1. The lowest BCUT2D eigenvalue weighted by atomic mass is 9.82. The third-order valence-corrected chi connectivity index (χ3v) is 4.43. The Morgan fingerprint density at radius 3 is 2.71 bits per heavy atom. The smallest absolute Gasteiger partial charge is 0.407 e. The molecule has 1 aliphatic heterocycles. The molecule has 5 nitrogen and oxygen atoms in total. The molecule has 1 saturated heterocycles. The summed E-state index contributed by atoms with van der Waals surface area (Å²) in [5.74, 6) is 0.0734. The van der Waals surface area contributed by atoms with Crippen LogP contribution in [0.3, 0.4) is 0 Å². The Bertz CT molecular complexity index is 383. The van der Waals surface area contributed by atoms with E-state index in [2.05, 4.69) is 4.98 Å². The summed E-state index contributed by atoms with van der Waals surface area (Å²) in [4.78, 5) is 16.3. The van der Waals surface area contributed by atoms with Crippen LogP contribution in [0.2, 0.25) is 0 Å². The van der Waals surface area contributed by atoms with Gasteiger partial charge >= 0.3 is 6.09 Å². The summed E-state index contributed by atoms with van der Waals surface area (Å²) in [6, 6.07) is 0. The first kappa shape index (κ1) is 12.3. The fourth-order valence-corrected chi connectivity index (χ4v) is 3.06. The fraction of sp³-hybridized carbons (Fsp3) is 0.636. The molecule has 1 fully saturated rings. The van der Waals surface area contributed by atoms with E-state index in [0.29, 0.717) is 30.9 Å². The third kappa shape index (κ3) is 2.42. The summed E-state index contributed by atoms with van der Waals surface area (Å²) in [5, 5.41) is 21.9. The molecule has 0 bridgehead atoms. The average molecular weight is 256 g/mol. The Hall–Kier alpha value is -1.14. The number of rotatable bonds is 2. The predicted molar refractivity (Wildman–Crippen MR) is 64.0 cm³/mol. The Morgan fingerprint density at radius 2 is 2.24 bits per heavy atom. The molecule has 17 heavy (non-hydrogen) atoms. The van der Waals surface area contributed by atoms with Crippen molar-refractivity contribution in [3.63, 3.8) is 0 Å². The molecule has 2 rings (SSSR count). The molecule has 94 valence electrons. The maximum atomic E-state index is 10.8. The van der Waals surface area contributed by atoms with Gasteiger partial charge in [-0.1, -0.05) is 0 Å². The summed E-state index contributed by atoms with van der Waals surface area (Å²) in [7, 11) is 0. The van der Waals surface area contributed by atoms with Crippen LogP contribution in [-0.4, -0.2) is 39.3 Å². The van der Waals surface area contributed by atoms with Gasteiger partial charge in [0.05, 0.1) is 0 Å². The highest BCUT2D eigenvalue weighted by Crippen LogP contribution is 2.36. The zero-order valence-electron chi connectivity index (χ0n) is 9.67. The van der Waals surface area contributed by atoms with Crippen LogP contribution >= 0.6 is 11.3 Å². The fourth-order valence-electron chi connectivity index (χ4n) is 2.28. The Kier molecular flexibility index (Phi) is 3.35. The molecule has 1 atom stereocenters. The minimum atomic E-state index is -0.946. The van der Waals surface area contributed by atoms with E-state index in [1.165, 1.54) is 16.2 Å². The number of piperidine rings is 1. The predicted octanol–water partition coefficient (Wildman–Crippen LogP) is 1.74. The molecule has 0 saturated carbocycles. The van der Waals surface area contributed by atoms with Crippen molar-refractivity contribution in [3.8, 4) is 0 Å². The average Bonchev–Trinajstić information content (AvgIpc) is 2.83. The zero-order valence-corrected chi connectivity index (χ0v) is 10.5. The van der Waals surface area contributed by atoms with Gasteiger partial charge in [0.25, 0.3) is 0 Å². The van der Waals surface area contributed by atoms with Crippen LogP contribution in [-0.2, 0) is 5.60 Å². The molecule has 1 aliphatic rings. The van der Waals surface area contributed by atoms with E-state index in [-0.39, 0.29) is 5.92 Å². The topological polar surface area (TPSA) is 73.7 Å². The number of hydrogen-bond donors (Lipinski definition) is 2. The Morgan fingerprint density at radius 1 is 1.59 bits per heavy atom. The monoisotopic (exact) mass is 256 g/mol. The van der Waals surface area contributed by atoms with E-state index in [1.54, 1.807) is 13.1 Å². The summed E-state index contributed by atoms with van der Waals surface area (Å²) in [5.41, 5.74) is -0.946. The molecular weight excluding hydrogens is 240 g/mol. The highest BCUT2D eigenvalue weighted by atomic mass is 32.1. The SMILES string of the molecule is CC(O)(c1nccs1)C1CCN(C(=O)O)CC1. The van der Waals surface area contributed by atoms with E-state index in [4.69, 9.17) is 5.11 Å². The van der Waals surface area contributed by atoms with Gasteiger partial charge in [0, 0.05) is 24.7 Å². The van der Waals surface area contributed by atoms with Crippen LogP contribution in [0.1, 0.15) is 24.8 Å². The number of aliphatic hydroxyl groups is 1. The highest BCUT2D eigenvalue weighted by molar-refractivity contribution is 7.09. The van der Waals surface area contributed by atoms with Crippen LogP contribution < -0.4 is 0 Å². The van der Waals surface area contributed by atoms with Gasteiger partial charge in [-0.3, -0.25) is 0 Å². The van der Waals surface area contributed by atoms with Crippen LogP contribution in [0.5, 0.6) is 0 Å². The maximum absolute atomic E-state index is 10.8. The molecule has 2 N–H and O–H groups in total. The van der Waals surface area contributed by atoms with E-state index in [0.717, 1.165) is 0 Å². The molecule has 0 aromatic carbocycles. The number of carbonyl (C=O) groups is 1. The number of amides is 1. The molecule has 0 spiro atoms. The molecule has 1 aromatic heterocycles. The van der Waals surface area contributed by atoms with E-state index in [1.807, 2.05) is 5.38 Å². The molecular formula is C11H16N2O3S. The lowest BCUT2D eigenvalue weighted by Crippen LogP contribution is -2.43. The summed E-state index contributed by atoms with van der Waals surface area (Å²) >= 11 is 1.44.